The molecule has 0 aliphatic rings. The summed E-state index contributed by atoms with van der Waals surface area (Å²) in [6.45, 7) is 2.21. The van der Waals surface area contributed by atoms with Gasteiger partial charge in [-0.2, -0.15) is 0 Å². The number of amides is 1. The minimum Gasteiger partial charge on any atom is -0.344 e. The van der Waals surface area contributed by atoms with Crippen molar-refractivity contribution < 1.29 is 4.79 Å². The lowest BCUT2D eigenvalue weighted by molar-refractivity contribution is -0.121. The third kappa shape index (κ3) is 5.76. The van der Waals surface area contributed by atoms with Crippen molar-refractivity contribution in [2.45, 2.75) is 45.1 Å². The number of unbranched alkanes of at least 4 members (excludes halogenated alkanes) is 1. The Labute approximate surface area is 165 Å². The third-order valence-corrected chi connectivity index (χ3v) is 5.57. The number of aryl methyl sites for hydroxylation is 2. The first-order chi connectivity index (χ1) is 13.3. The van der Waals surface area contributed by atoms with Gasteiger partial charge in [0.25, 0.3) is 0 Å². The molecule has 4 heteroatoms. The molecule has 0 fully saturated rings. The zero-order chi connectivity index (χ0) is 18.9. The molecule has 3 rings (SSSR count). The number of rotatable bonds is 9. The van der Waals surface area contributed by atoms with Crippen LogP contribution < -0.4 is 5.32 Å². The molecule has 1 aromatic carbocycles. The van der Waals surface area contributed by atoms with Crippen LogP contribution >= 0.6 is 11.3 Å². The smallest absolute Gasteiger partial charge is 0.221 e. The Balaban J connectivity index is 1.67. The van der Waals surface area contributed by atoms with Crippen molar-refractivity contribution in [3.63, 3.8) is 0 Å². The molecule has 0 saturated carbocycles. The molecule has 1 unspecified atom stereocenters. The van der Waals surface area contributed by atoms with Gasteiger partial charge in [-0.25, -0.2) is 0 Å². The van der Waals surface area contributed by atoms with Crippen LogP contribution in [0.1, 0.15) is 53.8 Å². The number of nitrogens with zero attached hydrogens (tertiary/aromatic N) is 1. The topological polar surface area (TPSA) is 42.0 Å². The van der Waals surface area contributed by atoms with E-state index in [2.05, 4.69) is 52.9 Å². The molecule has 0 saturated heterocycles. The molecular weight excluding hydrogens is 352 g/mol. The molecule has 3 nitrogen and oxygen atoms in total. The van der Waals surface area contributed by atoms with E-state index in [1.807, 2.05) is 24.4 Å². The van der Waals surface area contributed by atoms with E-state index in [1.165, 1.54) is 18.4 Å². The maximum absolute atomic E-state index is 12.6. The maximum Gasteiger partial charge on any atom is 0.221 e. The van der Waals surface area contributed by atoms with Gasteiger partial charge < -0.3 is 5.32 Å². The van der Waals surface area contributed by atoms with Crippen molar-refractivity contribution >= 4 is 17.2 Å². The third-order valence-electron chi connectivity index (χ3n) is 4.63. The maximum atomic E-state index is 12.6. The van der Waals surface area contributed by atoms with Crippen molar-refractivity contribution in [2.75, 3.05) is 0 Å². The summed E-state index contributed by atoms with van der Waals surface area (Å²) in [5, 5.41) is 5.27. The first-order valence-corrected chi connectivity index (χ1v) is 10.4. The van der Waals surface area contributed by atoms with Gasteiger partial charge in [-0.05, 0) is 53.5 Å². The fourth-order valence-corrected chi connectivity index (χ4v) is 3.87. The van der Waals surface area contributed by atoms with Gasteiger partial charge in [-0.3, -0.25) is 9.78 Å². The number of hydrogen-bond donors (Lipinski definition) is 1. The second-order valence-corrected chi connectivity index (χ2v) is 7.70. The van der Waals surface area contributed by atoms with E-state index in [0.29, 0.717) is 12.8 Å². The summed E-state index contributed by atoms with van der Waals surface area (Å²) < 4.78 is 0. The van der Waals surface area contributed by atoms with Gasteiger partial charge in [0.05, 0.1) is 6.04 Å². The van der Waals surface area contributed by atoms with Crippen LogP contribution in [0.25, 0.3) is 0 Å². The molecule has 0 radical (unpaired) electrons. The highest BCUT2D eigenvalue weighted by atomic mass is 32.1. The standard InChI is InChI=1S/C23H26N2OS/c1-2-3-6-18-9-12-20(13-10-18)23(21-8-5-16-27-21)25-22(26)14-11-19-7-4-15-24-17-19/h4-5,7-10,12-13,15-17,23H,2-3,6,11,14H2,1H3,(H,25,26). The lowest BCUT2D eigenvalue weighted by Crippen LogP contribution is -2.29. The van der Waals surface area contributed by atoms with Crippen LogP contribution in [0, 0.1) is 0 Å². The molecular formula is C23H26N2OS. The van der Waals surface area contributed by atoms with Gasteiger partial charge in [-0.1, -0.05) is 49.7 Å². The van der Waals surface area contributed by atoms with Crippen LogP contribution in [0.4, 0.5) is 0 Å². The van der Waals surface area contributed by atoms with E-state index in [1.54, 1.807) is 17.5 Å². The van der Waals surface area contributed by atoms with Crippen LogP contribution in [0.5, 0.6) is 0 Å². The van der Waals surface area contributed by atoms with Crippen LogP contribution in [0.2, 0.25) is 0 Å². The Bertz CT molecular complexity index is 813. The summed E-state index contributed by atoms with van der Waals surface area (Å²) in [4.78, 5) is 17.8. The zero-order valence-electron chi connectivity index (χ0n) is 15.7. The molecule has 27 heavy (non-hydrogen) atoms. The monoisotopic (exact) mass is 378 g/mol. The molecule has 140 valence electrons. The summed E-state index contributed by atoms with van der Waals surface area (Å²) in [5.74, 6) is 0.0623. The molecule has 1 atom stereocenters. The van der Waals surface area contributed by atoms with Gasteiger partial charge in [0.1, 0.15) is 0 Å². The quantitative estimate of drug-likeness (QED) is 0.547. The number of aromatic nitrogens is 1. The number of hydrogen-bond acceptors (Lipinski definition) is 3. The van der Waals surface area contributed by atoms with E-state index >= 15 is 0 Å². The Morgan fingerprint density at radius 2 is 1.93 bits per heavy atom. The van der Waals surface area contributed by atoms with E-state index in [-0.39, 0.29) is 11.9 Å². The molecule has 0 aliphatic heterocycles. The van der Waals surface area contributed by atoms with Crippen LogP contribution in [-0.4, -0.2) is 10.9 Å². The summed E-state index contributed by atoms with van der Waals surface area (Å²) in [7, 11) is 0. The second-order valence-electron chi connectivity index (χ2n) is 6.72. The van der Waals surface area contributed by atoms with Crippen LogP contribution in [-0.2, 0) is 17.6 Å². The van der Waals surface area contributed by atoms with Gasteiger partial charge in [-0.15, -0.1) is 11.3 Å². The summed E-state index contributed by atoms with van der Waals surface area (Å²) in [6.07, 6.45) is 8.25. The highest BCUT2D eigenvalue weighted by molar-refractivity contribution is 7.10. The fraction of sp³-hybridized carbons (Fsp3) is 0.304. The molecule has 1 N–H and O–H groups in total. The lowest BCUT2D eigenvalue weighted by Gasteiger charge is -2.18. The fourth-order valence-electron chi connectivity index (χ4n) is 3.07. The molecule has 3 aromatic rings. The Kier molecular flexibility index (Phi) is 7.17. The summed E-state index contributed by atoms with van der Waals surface area (Å²) in [5.41, 5.74) is 3.57. The highest BCUT2D eigenvalue weighted by Crippen LogP contribution is 2.26. The average molecular weight is 379 g/mol. The van der Waals surface area contributed by atoms with E-state index in [9.17, 15) is 4.79 Å². The minimum absolute atomic E-state index is 0.0623. The number of benzene rings is 1. The molecule has 0 bridgehead atoms. The van der Waals surface area contributed by atoms with Crippen LogP contribution in [0.15, 0.2) is 66.3 Å². The predicted molar refractivity (Wildman–Crippen MR) is 112 cm³/mol. The van der Waals surface area contributed by atoms with Gasteiger partial charge in [0.15, 0.2) is 0 Å². The predicted octanol–water partition coefficient (Wildman–Crippen LogP) is 5.32. The normalized spacial score (nSPS) is 11.9. The summed E-state index contributed by atoms with van der Waals surface area (Å²) in [6, 6.07) is 16.6. The van der Waals surface area contributed by atoms with Crippen molar-refractivity contribution in [3.05, 3.63) is 87.9 Å². The van der Waals surface area contributed by atoms with Gasteiger partial charge in [0.2, 0.25) is 5.91 Å². The SMILES string of the molecule is CCCCc1ccc(C(NC(=O)CCc2cccnc2)c2cccs2)cc1. The molecule has 1 amide bonds. The lowest BCUT2D eigenvalue weighted by atomic mass is 10.0. The van der Waals surface area contributed by atoms with Crippen molar-refractivity contribution in [1.82, 2.24) is 10.3 Å². The van der Waals surface area contributed by atoms with Gasteiger partial charge >= 0.3 is 0 Å². The van der Waals surface area contributed by atoms with Crippen LogP contribution in [0.3, 0.4) is 0 Å². The second kappa shape index (κ2) is 10.0. The van der Waals surface area contributed by atoms with E-state index in [0.717, 1.165) is 22.4 Å². The number of thiophene rings is 1. The number of nitrogens with one attached hydrogen (secondary N) is 1. The average Bonchev–Trinajstić information content (AvgIpc) is 3.25. The summed E-state index contributed by atoms with van der Waals surface area (Å²) >= 11 is 1.68. The number of carbonyl (C=O) groups excluding carboxylic acids is 1. The first-order valence-electron chi connectivity index (χ1n) is 9.56. The molecule has 0 aliphatic carbocycles. The number of pyridine rings is 1. The number of carbonyl (C=O) groups is 1. The first kappa shape index (κ1) is 19.3. The van der Waals surface area contributed by atoms with Crippen molar-refractivity contribution in [2.24, 2.45) is 0 Å². The highest BCUT2D eigenvalue weighted by Gasteiger charge is 2.18. The Morgan fingerprint density at radius 1 is 1.07 bits per heavy atom. The zero-order valence-corrected chi connectivity index (χ0v) is 16.5. The largest absolute Gasteiger partial charge is 0.344 e. The molecule has 0 spiro atoms. The van der Waals surface area contributed by atoms with E-state index < -0.39 is 0 Å². The van der Waals surface area contributed by atoms with Crippen molar-refractivity contribution in [1.29, 1.82) is 0 Å². The van der Waals surface area contributed by atoms with Gasteiger partial charge in [0, 0.05) is 23.7 Å². The molecule has 2 heterocycles. The Morgan fingerprint density at radius 3 is 2.59 bits per heavy atom. The Hall–Kier alpha value is -2.46. The van der Waals surface area contributed by atoms with Crippen molar-refractivity contribution in [3.8, 4) is 0 Å². The van der Waals surface area contributed by atoms with E-state index in [4.69, 9.17) is 0 Å². The minimum atomic E-state index is -0.0911. The molecule has 2 aromatic heterocycles.